The number of H-pyrrole nitrogens is 1. The molecule has 0 bridgehead atoms. The van der Waals surface area contributed by atoms with Crippen molar-refractivity contribution >= 4 is 5.91 Å². The number of amides is 1. The highest BCUT2D eigenvalue weighted by Crippen LogP contribution is 2.06. The van der Waals surface area contributed by atoms with Crippen molar-refractivity contribution in [2.24, 2.45) is 0 Å². The van der Waals surface area contributed by atoms with Crippen molar-refractivity contribution in [3.63, 3.8) is 0 Å². The van der Waals surface area contributed by atoms with Crippen LogP contribution in [0.2, 0.25) is 0 Å². The fourth-order valence-corrected chi connectivity index (χ4v) is 2.21. The zero-order valence-electron chi connectivity index (χ0n) is 12.6. The molecule has 6 heteroatoms. The Balaban J connectivity index is 1.91. The fourth-order valence-electron chi connectivity index (χ4n) is 2.21. The Labute approximate surface area is 127 Å². The molecule has 1 aromatic heterocycles. The monoisotopic (exact) mass is 303 g/mol. The highest BCUT2D eigenvalue weighted by Gasteiger charge is 2.10. The largest absolute Gasteiger partial charge is 0.352 e. The molecular weight excluding hydrogens is 285 g/mol. The minimum absolute atomic E-state index is 0.132. The zero-order valence-corrected chi connectivity index (χ0v) is 12.6. The summed E-state index contributed by atoms with van der Waals surface area (Å²) < 4.78 is 13.4. The lowest BCUT2D eigenvalue weighted by Crippen LogP contribution is -2.25. The summed E-state index contributed by atoms with van der Waals surface area (Å²) in [4.78, 5) is 30.4. The quantitative estimate of drug-likeness (QED) is 0.884. The molecule has 0 spiro atoms. The van der Waals surface area contributed by atoms with Crippen LogP contribution in [0.1, 0.15) is 29.1 Å². The summed E-state index contributed by atoms with van der Waals surface area (Å²) in [5.41, 5.74) is 1.35. The molecule has 116 valence electrons. The summed E-state index contributed by atoms with van der Waals surface area (Å²) in [5.74, 6) is -0.0318. The first-order valence-electron chi connectivity index (χ1n) is 7.04. The first-order chi connectivity index (χ1) is 10.5. The number of aromatic amines is 1. The number of rotatable bonds is 5. The highest BCUT2D eigenvalue weighted by molar-refractivity contribution is 5.76. The van der Waals surface area contributed by atoms with Gasteiger partial charge in [-0.1, -0.05) is 18.2 Å². The zero-order chi connectivity index (χ0) is 16.1. The molecular formula is C16H18FN3O2. The summed E-state index contributed by atoms with van der Waals surface area (Å²) in [6.07, 6.45) is 0.459. The van der Waals surface area contributed by atoms with Crippen molar-refractivity contribution < 1.29 is 9.18 Å². The predicted octanol–water partition coefficient (Wildman–Crippen LogP) is 1.77. The molecule has 0 saturated heterocycles. The molecule has 2 rings (SSSR count). The third-order valence-electron chi connectivity index (χ3n) is 3.38. The van der Waals surface area contributed by atoms with Crippen LogP contribution < -0.4 is 10.9 Å². The number of nitrogens with zero attached hydrogens (tertiary/aromatic N) is 1. The predicted molar refractivity (Wildman–Crippen MR) is 80.9 cm³/mol. The van der Waals surface area contributed by atoms with Crippen molar-refractivity contribution in [3.8, 4) is 0 Å². The lowest BCUT2D eigenvalue weighted by Gasteiger charge is -2.07. The number of aromatic nitrogens is 2. The summed E-state index contributed by atoms with van der Waals surface area (Å²) in [6, 6.07) is 6.28. The number of nitrogens with one attached hydrogen (secondary N) is 2. The molecule has 1 amide bonds. The maximum absolute atomic E-state index is 13.4. The van der Waals surface area contributed by atoms with E-state index >= 15 is 0 Å². The van der Waals surface area contributed by atoms with E-state index in [-0.39, 0.29) is 30.2 Å². The summed E-state index contributed by atoms with van der Waals surface area (Å²) in [6.45, 7) is 3.58. The van der Waals surface area contributed by atoms with E-state index in [1.807, 2.05) is 0 Å². The van der Waals surface area contributed by atoms with Gasteiger partial charge in [-0.3, -0.25) is 9.59 Å². The molecule has 0 aliphatic heterocycles. The van der Waals surface area contributed by atoms with Crippen LogP contribution in [0.15, 0.2) is 29.1 Å². The van der Waals surface area contributed by atoms with Crippen molar-refractivity contribution in [1.82, 2.24) is 15.3 Å². The highest BCUT2D eigenvalue weighted by atomic mass is 19.1. The van der Waals surface area contributed by atoms with Gasteiger partial charge in [0.25, 0.3) is 5.56 Å². The molecule has 2 N–H and O–H groups in total. The van der Waals surface area contributed by atoms with Crippen molar-refractivity contribution in [1.29, 1.82) is 0 Å². The Bertz CT molecular complexity index is 740. The maximum Gasteiger partial charge on any atom is 0.254 e. The maximum atomic E-state index is 13.4. The Morgan fingerprint density at radius 1 is 1.32 bits per heavy atom. The third-order valence-corrected chi connectivity index (χ3v) is 3.38. The molecule has 0 atom stereocenters. The molecule has 5 nitrogen and oxygen atoms in total. The van der Waals surface area contributed by atoms with Gasteiger partial charge in [-0.15, -0.1) is 0 Å². The van der Waals surface area contributed by atoms with Gasteiger partial charge < -0.3 is 10.3 Å². The standard InChI is InChI=1S/C16H18FN3O2/c1-10-13(16(22)20-11(2)19-10)7-8-15(21)18-9-12-5-3-4-6-14(12)17/h3-6H,7-9H2,1-2H3,(H,18,21)(H,19,20,22). The number of carbonyl (C=O) groups excluding carboxylic acids is 1. The smallest absolute Gasteiger partial charge is 0.254 e. The molecule has 0 unspecified atom stereocenters. The van der Waals surface area contributed by atoms with Gasteiger partial charge in [-0.2, -0.15) is 0 Å². The van der Waals surface area contributed by atoms with Gasteiger partial charge in [-0.25, -0.2) is 9.37 Å². The van der Waals surface area contributed by atoms with Gasteiger partial charge in [0, 0.05) is 29.8 Å². The molecule has 0 aliphatic rings. The molecule has 0 fully saturated rings. The minimum atomic E-state index is -0.349. The van der Waals surface area contributed by atoms with E-state index in [1.165, 1.54) is 6.07 Å². The molecule has 0 radical (unpaired) electrons. The number of aryl methyl sites for hydroxylation is 2. The Kier molecular flexibility index (Phi) is 5.04. The van der Waals surface area contributed by atoms with Crippen LogP contribution in [0, 0.1) is 19.7 Å². The number of carbonyl (C=O) groups is 1. The topological polar surface area (TPSA) is 74.8 Å². The Hall–Kier alpha value is -2.50. The summed E-state index contributed by atoms with van der Waals surface area (Å²) in [7, 11) is 0. The van der Waals surface area contributed by atoms with Gasteiger partial charge in [0.1, 0.15) is 11.6 Å². The second kappa shape index (κ2) is 6.98. The van der Waals surface area contributed by atoms with Crippen LogP contribution in [0.3, 0.4) is 0 Å². The van der Waals surface area contributed by atoms with Gasteiger partial charge in [0.2, 0.25) is 5.91 Å². The average molecular weight is 303 g/mol. The summed E-state index contributed by atoms with van der Waals surface area (Å²) in [5, 5.41) is 2.65. The van der Waals surface area contributed by atoms with Crippen molar-refractivity contribution in [2.45, 2.75) is 33.2 Å². The molecule has 22 heavy (non-hydrogen) atoms. The van der Waals surface area contributed by atoms with Crippen LogP contribution >= 0.6 is 0 Å². The van der Waals surface area contributed by atoms with Crippen LogP contribution in [-0.4, -0.2) is 15.9 Å². The molecule has 1 aromatic carbocycles. The second-order valence-corrected chi connectivity index (χ2v) is 5.08. The van der Waals surface area contributed by atoms with Gasteiger partial charge in [-0.05, 0) is 26.3 Å². The third kappa shape index (κ3) is 4.00. The van der Waals surface area contributed by atoms with Crippen LogP contribution in [0.4, 0.5) is 4.39 Å². The Morgan fingerprint density at radius 2 is 2.05 bits per heavy atom. The van der Waals surface area contributed by atoms with E-state index in [1.54, 1.807) is 32.0 Å². The number of hydrogen-bond donors (Lipinski definition) is 2. The van der Waals surface area contributed by atoms with Crippen molar-refractivity contribution in [2.75, 3.05) is 0 Å². The van der Waals surface area contributed by atoms with E-state index in [9.17, 15) is 14.0 Å². The average Bonchev–Trinajstić information content (AvgIpc) is 2.45. The van der Waals surface area contributed by atoms with Crippen LogP contribution in [0.25, 0.3) is 0 Å². The number of hydrogen-bond acceptors (Lipinski definition) is 3. The molecule has 2 aromatic rings. The first kappa shape index (κ1) is 15.9. The minimum Gasteiger partial charge on any atom is -0.352 e. The van der Waals surface area contributed by atoms with Gasteiger partial charge in [0.05, 0.1) is 0 Å². The van der Waals surface area contributed by atoms with E-state index in [4.69, 9.17) is 0 Å². The fraction of sp³-hybridized carbons (Fsp3) is 0.312. The van der Waals surface area contributed by atoms with E-state index in [2.05, 4.69) is 15.3 Å². The summed E-state index contributed by atoms with van der Waals surface area (Å²) >= 11 is 0. The SMILES string of the molecule is Cc1nc(C)c(CCC(=O)NCc2ccccc2F)c(=O)[nH]1. The first-order valence-corrected chi connectivity index (χ1v) is 7.04. The van der Waals surface area contributed by atoms with Gasteiger partial charge >= 0.3 is 0 Å². The van der Waals surface area contributed by atoms with E-state index < -0.39 is 0 Å². The van der Waals surface area contributed by atoms with Gasteiger partial charge in [0.15, 0.2) is 0 Å². The molecule has 0 aliphatic carbocycles. The van der Waals surface area contributed by atoms with Crippen molar-refractivity contribution in [3.05, 3.63) is 63.1 Å². The molecule has 0 saturated carbocycles. The second-order valence-electron chi connectivity index (χ2n) is 5.08. The van der Waals surface area contributed by atoms with Crippen LogP contribution in [-0.2, 0) is 17.8 Å². The Morgan fingerprint density at radius 3 is 2.73 bits per heavy atom. The normalized spacial score (nSPS) is 10.5. The number of benzene rings is 1. The molecule has 1 heterocycles. The van der Waals surface area contributed by atoms with E-state index in [0.29, 0.717) is 29.1 Å². The van der Waals surface area contributed by atoms with E-state index in [0.717, 1.165) is 0 Å². The lowest BCUT2D eigenvalue weighted by molar-refractivity contribution is -0.121. The lowest BCUT2D eigenvalue weighted by atomic mass is 10.1. The number of halogens is 1. The van der Waals surface area contributed by atoms with Crippen LogP contribution in [0.5, 0.6) is 0 Å².